The molecule has 0 spiro atoms. The molecule has 1 rings (SSSR count). The fraction of sp³-hybridized carbons (Fsp3) is 0.471. The smallest absolute Gasteiger partial charge is 0.331 e. The highest BCUT2D eigenvalue weighted by molar-refractivity contribution is 5.87. The van der Waals surface area contributed by atoms with E-state index in [0.29, 0.717) is 0 Å². The van der Waals surface area contributed by atoms with Crippen LogP contribution in [-0.4, -0.2) is 17.2 Å². The first-order valence-electron chi connectivity index (χ1n) is 7.29. The van der Waals surface area contributed by atoms with Gasteiger partial charge >= 0.3 is 5.97 Å². The molecule has 0 saturated heterocycles. The van der Waals surface area contributed by atoms with Crippen molar-refractivity contribution in [2.75, 3.05) is 0 Å². The number of hydrogen-bond donors (Lipinski definition) is 1. The molecule has 0 aliphatic carbocycles. The molecule has 0 aliphatic heterocycles. The Labute approximate surface area is 121 Å². The van der Waals surface area contributed by atoms with Gasteiger partial charge in [0.15, 0.2) is 0 Å². The largest absolute Gasteiger partial charge is 0.508 e. The minimum Gasteiger partial charge on any atom is -0.508 e. The molecule has 0 radical (unpaired) electrons. The second-order valence-corrected chi connectivity index (χ2v) is 5.02. The average Bonchev–Trinajstić information content (AvgIpc) is 2.43. The number of carbonyl (C=O) groups is 1. The quantitative estimate of drug-likeness (QED) is 0.437. The van der Waals surface area contributed by atoms with Crippen molar-refractivity contribution in [2.45, 2.75) is 52.1 Å². The zero-order valence-corrected chi connectivity index (χ0v) is 12.3. The monoisotopic (exact) mass is 276 g/mol. The van der Waals surface area contributed by atoms with Gasteiger partial charge in [0.05, 0.1) is 6.10 Å². The Morgan fingerprint density at radius 2 is 1.95 bits per heavy atom. The first-order chi connectivity index (χ1) is 9.61. The van der Waals surface area contributed by atoms with Crippen LogP contribution in [0, 0.1) is 0 Å². The van der Waals surface area contributed by atoms with E-state index in [0.717, 1.165) is 18.4 Å². The third kappa shape index (κ3) is 6.98. The van der Waals surface area contributed by atoms with E-state index in [1.807, 2.05) is 6.92 Å². The van der Waals surface area contributed by atoms with Crippen LogP contribution in [0.2, 0.25) is 0 Å². The van der Waals surface area contributed by atoms with E-state index in [1.54, 1.807) is 30.3 Å². The van der Waals surface area contributed by atoms with E-state index in [2.05, 4.69) is 6.92 Å². The summed E-state index contributed by atoms with van der Waals surface area (Å²) in [6.07, 6.45) is 8.74. The topological polar surface area (TPSA) is 46.5 Å². The highest BCUT2D eigenvalue weighted by atomic mass is 16.5. The van der Waals surface area contributed by atoms with Crippen LogP contribution in [0.15, 0.2) is 30.3 Å². The molecule has 20 heavy (non-hydrogen) atoms. The van der Waals surface area contributed by atoms with E-state index in [1.165, 1.54) is 25.3 Å². The second kappa shape index (κ2) is 9.18. The molecular weight excluding hydrogens is 252 g/mol. The number of carbonyl (C=O) groups excluding carboxylic acids is 1. The Kier molecular flexibility index (Phi) is 7.48. The van der Waals surface area contributed by atoms with Crippen molar-refractivity contribution < 1.29 is 14.6 Å². The summed E-state index contributed by atoms with van der Waals surface area (Å²) in [6, 6.07) is 6.66. The third-order valence-corrected chi connectivity index (χ3v) is 3.09. The minimum absolute atomic E-state index is 0.0381. The summed E-state index contributed by atoms with van der Waals surface area (Å²) >= 11 is 0. The van der Waals surface area contributed by atoms with Crippen molar-refractivity contribution in [3.05, 3.63) is 35.9 Å². The molecule has 1 N–H and O–H groups in total. The van der Waals surface area contributed by atoms with Crippen molar-refractivity contribution in [1.29, 1.82) is 0 Å². The van der Waals surface area contributed by atoms with Crippen molar-refractivity contribution in [2.24, 2.45) is 0 Å². The van der Waals surface area contributed by atoms with E-state index in [4.69, 9.17) is 9.84 Å². The molecule has 3 heteroatoms. The molecule has 0 heterocycles. The first-order valence-corrected chi connectivity index (χ1v) is 7.29. The number of benzene rings is 1. The van der Waals surface area contributed by atoms with Crippen LogP contribution >= 0.6 is 0 Å². The maximum Gasteiger partial charge on any atom is 0.331 e. The van der Waals surface area contributed by atoms with E-state index >= 15 is 0 Å². The summed E-state index contributed by atoms with van der Waals surface area (Å²) in [6.45, 7) is 4.11. The van der Waals surface area contributed by atoms with Gasteiger partial charge in [0, 0.05) is 6.08 Å². The fourth-order valence-corrected chi connectivity index (χ4v) is 1.90. The molecule has 1 unspecified atom stereocenters. The van der Waals surface area contributed by atoms with Gasteiger partial charge in [0.2, 0.25) is 0 Å². The molecule has 0 amide bonds. The van der Waals surface area contributed by atoms with Crippen molar-refractivity contribution >= 4 is 12.0 Å². The Hall–Kier alpha value is -1.77. The molecule has 1 atom stereocenters. The average molecular weight is 276 g/mol. The summed E-state index contributed by atoms with van der Waals surface area (Å²) < 4.78 is 5.30. The van der Waals surface area contributed by atoms with E-state index < -0.39 is 0 Å². The summed E-state index contributed by atoms with van der Waals surface area (Å²) in [4.78, 5) is 11.6. The number of unbranched alkanes of at least 4 members (excludes halogenated alkanes) is 3. The molecule has 1 aromatic rings. The van der Waals surface area contributed by atoms with Crippen molar-refractivity contribution in [3.8, 4) is 5.75 Å². The second-order valence-electron chi connectivity index (χ2n) is 5.02. The zero-order chi connectivity index (χ0) is 14.8. The number of ether oxygens (including phenoxy) is 1. The lowest BCUT2D eigenvalue weighted by molar-refractivity contribution is -0.142. The van der Waals surface area contributed by atoms with Crippen LogP contribution in [0.3, 0.4) is 0 Å². The van der Waals surface area contributed by atoms with Crippen LogP contribution in [0.1, 0.15) is 51.5 Å². The van der Waals surface area contributed by atoms with Crippen LogP contribution in [0.4, 0.5) is 0 Å². The molecular formula is C17H24O3. The summed E-state index contributed by atoms with van der Waals surface area (Å²) in [5, 5.41) is 9.16. The lowest BCUT2D eigenvalue weighted by Crippen LogP contribution is -2.12. The molecule has 0 bridgehead atoms. The lowest BCUT2D eigenvalue weighted by atomic mass is 10.1. The molecule has 3 nitrogen and oxygen atoms in total. The van der Waals surface area contributed by atoms with Gasteiger partial charge in [-0.3, -0.25) is 0 Å². The van der Waals surface area contributed by atoms with Gasteiger partial charge in [0.25, 0.3) is 0 Å². The molecule has 0 aromatic heterocycles. The van der Waals surface area contributed by atoms with Crippen LogP contribution < -0.4 is 0 Å². The van der Waals surface area contributed by atoms with Crippen LogP contribution in [-0.2, 0) is 9.53 Å². The number of rotatable bonds is 8. The number of esters is 1. The maximum absolute atomic E-state index is 11.6. The third-order valence-electron chi connectivity index (χ3n) is 3.09. The molecule has 0 saturated carbocycles. The van der Waals surface area contributed by atoms with Crippen LogP contribution in [0.5, 0.6) is 5.75 Å². The SMILES string of the molecule is CCCCCCC(C)OC(=O)/C=C/c1ccc(O)cc1. The van der Waals surface area contributed by atoms with Crippen LogP contribution in [0.25, 0.3) is 6.08 Å². The Morgan fingerprint density at radius 3 is 2.60 bits per heavy atom. The normalized spacial score (nSPS) is 12.5. The number of hydrogen-bond acceptors (Lipinski definition) is 3. The molecule has 110 valence electrons. The molecule has 0 aliphatic rings. The molecule has 0 fully saturated rings. The van der Waals surface area contributed by atoms with Gasteiger partial charge in [0.1, 0.15) is 5.75 Å². The van der Waals surface area contributed by atoms with E-state index in [-0.39, 0.29) is 17.8 Å². The summed E-state index contributed by atoms with van der Waals surface area (Å²) in [7, 11) is 0. The maximum atomic E-state index is 11.6. The highest BCUT2D eigenvalue weighted by Crippen LogP contribution is 2.11. The lowest BCUT2D eigenvalue weighted by Gasteiger charge is -2.11. The van der Waals surface area contributed by atoms with Gasteiger partial charge in [-0.1, -0.05) is 38.3 Å². The van der Waals surface area contributed by atoms with Crippen molar-refractivity contribution in [3.63, 3.8) is 0 Å². The summed E-state index contributed by atoms with van der Waals surface area (Å²) in [5.74, 6) is -0.105. The van der Waals surface area contributed by atoms with Gasteiger partial charge in [-0.05, 0) is 43.5 Å². The minimum atomic E-state index is -0.318. The molecule has 1 aromatic carbocycles. The first kappa shape index (κ1) is 16.3. The zero-order valence-electron chi connectivity index (χ0n) is 12.3. The Bertz CT molecular complexity index is 420. The Morgan fingerprint density at radius 1 is 1.25 bits per heavy atom. The Balaban J connectivity index is 2.30. The summed E-state index contributed by atoms with van der Waals surface area (Å²) in [5.41, 5.74) is 0.857. The number of phenols is 1. The van der Waals surface area contributed by atoms with Crippen molar-refractivity contribution in [1.82, 2.24) is 0 Å². The number of aromatic hydroxyl groups is 1. The number of phenolic OH excluding ortho intramolecular Hbond substituents is 1. The fourth-order valence-electron chi connectivity index (χ4n) is 1.90. The highest BCUT2D eigenvalue weighted by Gasteiger charge is 2.06. The van der Waals surface area contributed by atoms with Gasteiger partial charge in [-0.15, -0.1) is 0 Å². The van der Waals surface area contributed by atoms with Gasteiger partial charge < -0.3 is 9.84 Å². The van der Waals surface area contributed by atoms with E-state index in [9.17, 15) is 4.79 Å². The predicted molar refractivity (Wildman–Crippen MR) is 81.5 cm³/mol. The van der Waals surface area contributed by atoms with Gasteiger partial charge in [-0.25, -0.2) is 4.79 Å². The standard InChI is InChI=1S/C17H24O3/c1-3-4-5-6-7-14(2)20-17(19)13-10-15-8-11-16(18)12-9-15/h8-14,18H,3-7H2,1-2H3/b13-10+. The predicted octanol–water partition coefficient (Wildman–Crippen LogP) is 4.31. The van der Waals surface area contributed by atoms with Gasteiger partial charge in [-0.2, -0.15) is 0 Å².